The van der Waals surface area contributed by atoms with Crippen molar-refractivity contribution < 1.29 is 18.8 Å². The number of hydrogen-bond donors (Lipinski definition) is 1. The number of aromatic nitrogens is 2. The van der Waals surface area contributed by atoms with Gasteiger partial charge in [-0.3, -0.25) is 19.2 Å². The average molecular weight is 488 g/mol. The van der Waals surface area contributed by atoms with Gasteiger partial charge in [0.2, 0.25) is 5.91 Å². The second kappa shape index (κ2) is 8.29. The first-order valence-corrected chi connectivity index (χ1v) is 12.2. The lowest BCUT2D eigenvalue weighted by atomic mass is 9.90. The molecule has 2 aliphatic heterocycles. The maximum absolute atomic E-state index is 13.6. The molecule has 1 aromatic heterocycles. The largest absolute Gasteiger partial charge is 0.337 e. The van der Waals surface area contributed by atoms with E-state index >= 15 is 0 Å². The van der Waals surface area contributed by atoms with E-state index in [4.69, 9.17) is 0 Å². The highest BCUT2D eigenvalue weighted by Gasteiger charge is 2.55. The topological polar surface area (TPSA) is 87.5 Å². The molecule has 1 fully saturated rings. The highest BCUT2D eigenvalue weighted by atomic mass is 19.1. The van der Waals surface area contributed by atoms with Crippen LogP contribution in [0.2, 0.25) is 0 Å². The SMILES string of the molecule is Cn1cc(-c2ccc3c(c2)CC[C@]32NC(=O)N(CC(=O)N3CCCc4cc(F)ccc4C3)C2=O)cn1. The normalized spacial score (nSPS) is 20.9. The third-order valence-electron chi connectivity index (χ3n) is 7.60. The summed E-state index contributed by atoms with van der Waals surface area (Å²) in [6.45, 7) is 0.513. The van der Waals surface area contributed by atoms with Crippen molar-refractivity contribution >= 4 is 17.8 Å². The van der Waals surface area contributed by atoms with Crippen LogP contribution >= 0.6 is 0 Å². The second-order valence-corrected chi connectivity index (χ2v) is 9.83. The van der Waals surface area contributed by atoms with E-state index in [1.165, 1.54) is 12.1 Å². The van der Waals surface area contributed by atoms with Gasteiger partial charge in [-0.2, -0.15) is 5.10 Å². The summed E-state index contributed by atoms with van der Waals surface area (Å²) < 4.78 is 15.4. The van der Waals surface area contributed by atoms with Crippen LogP contribution in [-0.2, 0) is 41.6 Å². The Labute approximate surface area is 207 Å². The summed E-state index contributed by atoms with van der Waals surface area (Å²) in [4.78, 5) is 42.4. The Bertz CT molecular complexity index is 1420. The number of fused-ring (bicyclic) bond motifs is 3. The van der Waals surface area contributed by atoms with Crippen molar-refractivity contribution in [1.82, 2.24) is 24.9 Å². The molecule has 36 heavy (non-hydrogen) atoms. The molecule has 1 aliphatic carbocycles. The van der Waals surface area contributed by atoms with E-state index in [9.17, 15) is 18.8 Å². The number of rotatable bonds is 3. The highest BCUT2D eigenvalue weighted by molar-refractivity contribution is 6.10. The fourth-order valence-corrected chi connectivity index (χ4v) is 5.72. The number of urea groups is 1. The number of hydrogen-bond acceptors (Lipinski definition) is 4. The van der Waals surface area contributed by atoms with Crippen LogP contribution in [0.15, 0.2) is 48.8 Å². The van der Waals surface area contributed by atoms with E-state index in [0.29, 0.717) is 38.8 Å². The smallest absolute Gasteiger partial charge is 0.325 e. The molecule has 6 rings (SSSR count). The number of imide groups is 1. The molecular formula is C27H26FN5O3. The van der Waals surface area contributed by atoms with Crippen molar-refractivity contribution in [3.05, 3.63) is 76.9 Å². The van der Waals surface area contributed by atoms with Gasteiger partial charge in [-0.05, 0) is 65.6 Å². The molecule has 3 aromatic rings. The Hall–Kier alpha value is -4.01. The molecule has 4 amide bonds. The molecule has 1 spiro atoms. The minimum absolute atomic E-state index is 0.289. The van der Waals surface area contributed by atoms with E-state index in [1.54, 1.807) is 21.8 Å². The Balaban J connectivity index is 1.21. The van der Waals surface area contributed by atoms with Gasteiger partial charge in [0, 0.05) is 31.9 Å². The van der Waals surface area contributed by atoms with E-state index in [2.05, 4.69) is 10.4 Å². The molecule has 9 heteroatoms. The number of aryl methyl sites for hydroxylation is 3. The summed E-state index contributed by atoms with van der Waals surface area (Å²) in [5, 5.41) is 7.12. The first-order valence-electron chi connectivity index (χ1n) is 12.2. The fraction of sp³-hybridized carbons (Fsp3) is 0.333. The van der Waals surface area contributed by atoms with Crippen molar-refractivity contribution in [2.45, 2.75) is 37.8 Å². The van der Waals surface area contributed by atoms with Gasteiger partial charge in [-0.1, -0.05) is 24.3 Å². The molecule has 184 valence electrons. The van der Waals surface area contributed by atoms with Gasteiger partial charge < -0.3 is 10.2 Å². The maximum Gasteiger partial charge on any atom is 0.325 e. The Morgan fingerprint density at radius 1 is 1.08 bits per heavy atom. The summed E-state index contributed by atoms with van der Waals surface area (Å²) in [6, 6.07) is 9.95. The quantitative estimate of drug-likeness (QED) is 0.576. The number of carbonyl (C=O) groups is 3. The van der Waals surface area contributed by atoms with Crippen molar-refractivity contribution in [3.8, 4) is 11.1 Å². The van der Waals surface area contributed by atoms with Crippen molar-refractivity contribution in [2.75, 3.05) is 13.1 Å². The van der Waals surface area contributed by atoms with Crippen LogP contribution in [0, 0.1) is 5.82 Å². The standard InChI is InChI=1S/C27H26FN5O3/c1-31-14-21(13-29-31)18-5-7-23-19(11-18)8-9-27(23)25(35)33(26(36)30-27)16-24(34)32-10-2-3-17-12-22(28)6-4-20(17)15-32/h4-7,11-14H,2-3,8-10,15-16H2,1H3,(H,30,36)/t27-/m0/s1. The molecule has 1 N–H and O–H groups in total. The molecule has 0 saturated carbocycles. The van der Waals surface area contributed by atoms with Crippen LogP contribution in [0.4, 0.5) is 9.18 Å². The molecule has 0 radical (unpaired) electrons. The lowest BCUT2D eigenvalue weighted by Gasteiger charge is -2.25. The monoisotopic (exact) mass is 487 g/mol. The molecule has 3 aliphatic rings. The molecule has 1 saturated heterocycles. The predicted molar refractivity (Wildman–Crippen MR) is 129 cm³/mol. The first kappa shape index (κ1) is 22.5. The number of nitrogens with zero attached hydrogens (tertiary/aromatic N) is 4. The number of halogens is 1. The van der Waals surface area contributed by atoms with Crippen LogP contribution < -0.4 is 5.32 Å². The van der Waals surface area contributed by atoms with Crippen LogP contribution in [0.5, 0.6) is 0 Å². The highest BCUT2D eigenvalue weighted by Crippen LogP contribution is 2.42. The predicted octanol–water partition coefficient (Wildman–Crippen LogP) is 2.89. The van der Waals surface area contributed by atoms with Crippen molar-refractivity contribution in [3.63, 3.8) is 0 Å². The molecular weight excluding hydrogens is 461 g/mol. The van der Waals surface area contributed by atoms with Gasteiger partial charge in [0.05, 0.1) is 6.20 Å². The summed E-state index contributed by atoms with van der Waals surface area (Å²) in [5.41, 5.74) is 4.44. The maximum atomic E-state index is 13.6. The Morgan fingerprint density at radius 3 is 2.75 bits per heavy atom. The molecule has 8 nitrogen and oxygen atoms in total. The van der Waals surface area contributed by atoms with E-state index in [1.807, 2.05) is 31.4 Å². The molecule has 0 bridgehead atoms. The van der Waals surface area contributed by atoms with Crippen LogP contribution in [0.3, 0.4) is 0 Å². The van der Waals surface area contributed by atoms with Crippen LogP contribution in [-0.4, -0.2) is 50.5 Å². The van der Waals surface area contributed by atoms with E-state index in [-0.39, 0.29) is 24.2 Å². The van der Waals surface area contributed by atoms with Gasteiger partial charge in [-0.25, -0.2) is 9.18 Å². The van der Waals surface area contributed by atoms with Gasteiger partial charge >= 0.3 is 6.03 Å². The van der Waals surface area contributed by atoms with Gasteiger partial charge in [0.15, 0.2) is 0 Å². The van der Waals surface area contributed by atoms with Crippen molar-refractivity contribution in [2.24, 2.45) is 7.05 Å². The minimum Gasteiger partial charge on any atom is -0.337 e. The zero-order valence-electron chi connectivity index (χ0n) is 20.0. The Kier molecular flexibility index (Phi) is 5.17. The molecule has 2 aromatic carbocycles. The van der Waals surface area contributed by atoms with E-state index < -0.39 is 11.6 Å². The fourth-order valence-electron chi connectivity index (χ4n) is 5.72. The lowest BCUT2D eigenvalue weighted by Crippen LogP contribution is -2.44. The number of benzene rings is 2. The molecule has 3 heterocycles. The lowest BCUT2D eigenvalue weighted by molar-refractivity contribution is -0.139. The van der Waals surface area contributed by atoms with Crippen LogP contribution in [0.25, 0.3) is 11.1 Å². The third-order valence-corrected chi connectivity index (χ3v) is 7.60. The van der Waals surface area contributed by atoms with E-state index in [0.717, 1.165) is 38.3 Å². The zero-order chi connectivity index (χ0) is 25.0. The minimum atomic E-state index is -1.14. The molecule has 0 unspecified atom stereocenters. The third kappa shape index (κ3) is 3.57. The summed E-state index contributed by atoms with van der Waals surface area (Å²) in [7, 11) is 1.86. The Morgan fingerprint density at radius 2 is 1.94 bits per heavy atom. The van der Waals surface area contributed by atoms with Crippen molar-refractivity contribution in [1.29, 1.82) is 0 Å². The number of carbonyl (C=O) groups excluding carboxylic acids is 3. The number of nitrogens with one attached hydrogen (secondary N) is 1. The van der Waals surface area contributed by atoms with Gasteiger partial charge in [0.25, 0.3) is 5.91 Å². The summed E-state index contributed by atoms with van der Waals surface area (Å²) in [5.74, 6) is -0.966. The first-order chi connectivity index (χ1) is 17.3. The number of amides is 4. The molecule has 1 atom stereocenters. The zero-order valence-corrected chi connectivity index (χ0v) is 20.0. The van der Waals surface area contributed by atoms with Gasteiger partial charge in [0.1, 0.15) is 17.9 Å². The van der Waals surface area contributed by atoms with Gasteiger partial charge in [-0.15, -0.1) is 0 Å². The second-order valence-electron chi connectivity index (χ2n) is 9.83. The van der Waals surface area contributed by atoms with Crippen LogP contribution in [0.1, 0.15) is 35.1 Å². The summed E-state index contributed by atoms with van der Waals surface area (Å²) >= 11 is 0. The summed E-state index contributed by atoms with van der Waals surface area (Å²) in [6.07, 6.45) is 6.20. The average Bonchev–Trinajstić information content (AvgIpc) is 3.46.